The Labute approximate surface area is 111 Å². The minimum absolute atomic E-state index is 0.167. The molecule has 0 spiro atoms. The van der Waals surface area contributed by atoms with Gasteiger partial charge in [-0.15, -0.1) is 0 Å². The number of aliphatic hydroxyl groups is 2. The van der Waals surface area contributed by atoms with E-state index in [0.717, 1.165) is 12.0 Å². The Hall–Kier alpha value is -1.59. The SMILES string of the molecule is C=C1C=CN([C@H]2C[C@H](O)[C@@H]3C2=CCC[C@H]3O)C(=O)N1. The van der Waals surface area contributed by atoms with Crippen LogP contribution in [0.4, 0.5) is 4.79 Å². The van der Waals surface area contributed by atoms with E-state index in [-0.39, 0.29) is 18.0 Å². The first-order chi connectivity index (χ1) is 9.08. The van der Waals surface area contributed by atoms with Crippen LogP contribution in [0.15, 0.2) is 36.2 Å². The first-order valence-electron chi connectivity index (χ1n) is 6.60. The van der Waals surface area contributed by atoms with E-state index in [4.69, 9.17) is 0 Å². The van der Waals surface area contributed by atoms with Crippen LogP contribution in [0, 0.1) is 5.92 Å². The van der Waals surface area contributed by atoms with E-state index in [1.807, 2.05) is 0 Å². The summed E-state index contributed by atoms with van der Waals surface area (Å²) in [6, 6.07) is -0.398. The molecule has 0 aromatic rings. The third-order valence-corrected chi connectivity index (χ3v) is 4.18. The van der Waals surface area contributed by atoms with Crippen molar-refractivity contribution in [1.29, 1.82) is 0 Å². The Balaban J connectivity index is 1.90. The maximum atomic E-state index is 12.0. The second kappa shape index (κ2) is 4.51. The molecule has 1 saturated carbocycles. The molecule has 2 amide bonds. The summed E-state index contributed by atoms with van der Waals surface area (Å²) in [5, 5.41) is 22.8. The molecule has 0 bridgehead atoms. The molecule has 2 aliphatic carbocycles. The van der Waals surface area contributed by atoms with Crippen LogP contribution < -0.4 is 5.32 Å². The van der Waals surface area contributed by atoms with Crippen molar-refractivity contribution >= 4 is 6.03 Å². The quantitative estimate of drug-likeness (QED) is 0.614. The zero-order chi connectivity index (χ0) is 13.6. The highest BCUT2D eigenvalue weighted by molar-refractivity contribution is 5.80. The standard InChI is InChI=1S/C14H18N2O3/c1-8-5-6-16(14(19)15-8)10-7-12(18)13-9(10)3-2-4-11(13)17/h3,5-6,10-13,17-18H,1-2,4,7H2,(H,15,19)/t10-,11+,12-,13+/m0/s1. The van der Waals surface area contributed by atoms with Crippen molar-refractivity contribution in [2.75, 3.05) is 0 Å². The maximum Gasteiger partial charge on any atom is 0.326 e. The van der Waals surface area contributed by atoms with E-state index in [1.54, 1.807) is 17.2 Å². The number of aliphatic hydroxyl groups excluding tert-OH is 2. The van der Waals surface area contributed by atoms with Crippen molar-refractivity contribution in [3.63, 3.8) is 0 Å². The lowest BCUT2D eigenvalue weighted by Crippen LogP contribution is -2.45. The zero-order valence-electron chi connectivity index (χ0n) is 10.6. The number of allylic oxidation sites excluding steroid dienone is 2. The van der Waals surface area contributed by atoms with Gasteiger partial charge < -0.3 is 15.5 Å². The number of urea groups is 1. The van der Waals surface area contributed by atoms with Gasteiger partial charge in [0.1, 0.15) is 0 Å². The number of nitrogens with zero attached hydrogens (tertiary/aromatic N) is 1. The van der Waals surface area contributed by atoms with Crippen molar-refractivity contribution < 1.29 is 15.0 Å². The molecule has 1 aliphatic heterocycles. The first kappa shape index (κ1) is 12.4. The van der Waals surface area contributed by atoms with Crippen LogP contribution in [0.3, 0.4) is 0 Å². The highest BCUT2D eigenvalue weighted by Gasteiger charge is 2.46. The van der Waals surface area contributed by atoms with E-state index in [1.165, 1.54) is 0 Å². The van der Waals surface area contributed by atoms with Gasteiger partial charge in [-0.05, 0) is 30.9 Å². The fraction of sp³-hybridized carbons (Fsp3) is 0.500. The van der Waals surface area contributed by atoms with Gasteiger partial charge in [-0.2, -0.15) is 0 Å². The molecule has 5 nitrogen and oxygen atoms in total. The van der Waals surface area contributed by atoms with Crippen molar-refractivity contribution in [2.24, 2.45) is 5.92 Å². The van der Waals surface area contributed by atoms with Gasteiger partial charge in [-0.25, -0.2) is 4.79 Å². The van der Waals surface area contributed by atoms with Crippen molar-refractivity contribution in [1.82, 2.24) is 10.2 Å². The number of carbonyl (C=O) groups excluding carboxylic acids is 1. The summed E-state index contributed by atoms with van der Waals surface area (Å²) in [6.07, 6.45) is 6.34. The molecule has 3 N–H and O–H groups in total. The third-order valence-electron chi connectivity index (χ3n) is 4.18. The minimum atomic E-state index is -0.585. The lowest BCUT2D eigenvalue weighted by Gasteiger charge is -2.32. The lowest BCUT2D eigenvalue weighted by molar-refractivity contribution is 0.0372. The number of nitrogens with one attached hydrogen (secondary N) is 1. The molecule has 4 atom stereocenters. The Kier molecular flexibility index (Phi) is 2.95. The monoisotopic (exact) mass is 262 g/mol. The number of fused-ring (bicyclic) bond motifs is 1. The van der Waals surface area contributed by atoms with Gasteiger partial charge in [0.15, 0.2) is 0 Å². The van der Waals surface area contributed by atoms with E-state index in [2.05, 4.69) is 18.0 Å². The summed E-state index contributed by atoms with van der Waals surface area (Å²) in [6.45, 7) is 3.68. The van der Waals surface area contributed by atoms with Gasteiger partial charge in [0.05, 0.1) is 18.2 Å². The molecule has 19 heavy (non-hydrogen) atoms. The Morgan fingerprint density at radius 1 is 1.37 bits per heavy atom. The van der Waals surface area contributed by atoms with Crippen molar-refractivity contribution in [3.05, 3.63) is 36.2 Å². The Bertz CT molecular complexity index is 483. The summed E-state index contributed by atoms with van der Waals surface area (Å²) in [5.41, 5.74) is 1.55. The summed E-state index contributed by atoms with van der Waals surface area (Å²) in [5.74, 6) is -0.231. The van der Waals surface area contributed by atoms with Gasteiger partial charge in [-0.1, -0.05) is 12.7 Å². The predicted octanol–water partition coefficient (Wildman–Crippen LogP) is 0.869. The van der Waals surface area contributed by atoms with Gasteiger partial charge in [0, 0.05) is 17.8 Å². The second-order valence-electron chi connectivity index (χ2n) is 5.37. The molecule has 0 saturated heterocycles. The molecule has 3 rings (SSSR count). The molecule has 102 valence electrons. The van der Waals surface area contributed by atoms with Crippen LogP contribution in [0.1, 0.15) is 19.3 Å². The normalized spacial score (nSPS) is 38.0. The van der Waals surface area contributed by atoms with E-state index in [9.17, 15) is 15.0 Å². The minimum Gasteiger partial charge on any atom is -0.392 e. The van der Waals surface area contributed by atoms with E-state index in [0.29, 0.717) is 18.5 Å². The van der Waals surface area contributed by atoms with E-state index < -0.39 is 12.2 Å². The largest absolute Gasteiger partial charge is 0.392 e. The van der Waals surface area contributed by atoms with Crippen LogP contribution >= 0.6 is 0 Å². The molecule has 1 fully saturated rings. The van der Waals surface area contributed by atoms with Crippen molar-refractivity contribution in [2.45, 2.75) is 37.5 Å². The fourth-order valence-electron chi connectivity index (χ4n) is 3.31. The Morgan fingerprint density at radius 3 is 2.89 bits per heavy atom. The molecule has 0 aromatic heterocycles. The summed E-state index contributed by atoms with van der Waals surface area (Å²) >= 11 is 0. The van der Waals surface area contributed by atoms with Crippen LogP contribution in [0.25, 0.3) is 0 Å². The highest BCUT2D eigenvalue weighted by atomic mass is 16.3. The predicted molar refractivity (Wildman–Crippen MR) is 69.9 cm³/mol. The number of carbonyl (C=O) groups is 1. The second-order valence-corrected chi connectivity index (χ2v) is 5.37. The number of rotatable bonds is 1. The third kappa shape index (κ3) is 1.99. The Morgan fingerprint density at radius 2 is 2.16 bits per heavy atom. The molecular formula is C14H18N2O3. The fourth-order valence-corrected chi connectivity index (χ4v) is 3.31. The molecule has 0 aromatic carbocycles. The van der Waals surface area contributed by atoms with Crippen LogP contribution in [0.5, 0.6) is 0 Å². The number of hydrogen-bond donors (Lipinski definition) is 3. The maximum absolute atomic E-state index is 12.0. The lowest BCUT2D eigenvalue weighted by atomic mass is 9.85. The highest BCUT2D eigenvalue weighted by Crippen LogP contribution is 2.41. The van der Waals surface area contributed by atoms with E-state index >= 15 is 0 Å². The summed E-state index contributed by atoms with van der Waals surface area (Å²) < 4.78 is 0. The molecule has 5 heteroatoms. The van der Waals surface area contributed by atoms with Gasteiger partial charge in [0.25, 0.3) is 0 Å². The zero-order valence-corrected chi connectivity index (χ0v) is 10.6. The molecule has 0 radical (unpaired) electrons. The average molecular weight is 262 g/mol. The average Bonchev–Trinajstić information content (AvgIpc) is 2.68. The van der Waals surface area contributed by atoms with Gasteiger partial charge in [-0.3, -0.25) is 4.90 Å². The summed E-state index contributed by atoms with van der Waals surface area (Å²) in [4.78, 5) is 13.6. The van der Waals surface area contributed by atoms with Gasteiger partial charge >= 0.3 is 6.03 Å². The number of amides is 2. The molecule has 1 heterocycles. The van der Waals surface area contributed by atoms with Crippen LogP contribution in [0.2, 0.25) is 0 Å². The molecule has 0 unspecified atom stereocenters. The summed E-state index contributed by atoms with van der Waals surface area (Å²) in [7, 11) is 0. The van der Waals surface area contributed by atoms with Gasteiger partial charge in [0.2, 0.25) is 0 Å². The first-order valence-corrected chi connectivity index (χ1v) is 6.60. The molecule has 3 aliphatic rings. The van der Waals surface area contributed by atoms with Crippen LogP contribution in [-0.4, -0.2) is 39.4 Å². The van der Waals surface area contributed by atoms with Crippen molar-refractivity contribution in [3.8, 4) is 0 Å². The molecular weight excluding hydrogens is 244 g/mol. The smallest absolute Gasteiger partial charge is 0.326 e. The topological polar surface area (TPSA) is 72.8 Å². The number of hydrogen-bond acceptors (Lipinski definition) is 3. The van der Waals surface area contributed by atoms with Crippen LogP contribution in [-0.2, 0) is 0 Å².